The van der Waals surface area contributed by atoms with Crippen molar-refractivity contribution in [2.75, 3.05) is 13.1 Å². The van der Waals surface area contributed by atoms with Crippen LogP contribution in [0.5, 0.6) is 0 Å². The number of hydrogen-bond donors (Lipinski definition) is 1. The van der Waals surface area contributed by atoms with Crippen molar-refractivity contribution in [3.63, 3.8) is 0 Å². The van der Waals surface area contributed by atoms with Gasteiger partial charge in [-0.1, -0.05) is 38.8 Å². The second-order valence-electron chi connectivity index (χ2n) is 5.89. The quantitative estimate of drug-likeness (QED) is 0.791. The summed E-state index contributed by atoms with van der Waals surface area (Å²) in [6.07, 6.45) is 3.47. The molecule has 1 N–H and O–H groups in total. The van der Waals surface area contributed by atoms with E-state index in [9.17, 15) is 0 Å². The first-order valence-corrected chi connectivity index (χ1v) is 7.72. The zero-order valence-electron chi connectivity index (χ0n) is 13.0. The van der Waals surface area contributed by atoms with Gasteiger partial charge >= 0.3 is 0 Å². The van der Waals surface area contributed by atoms with Crippen molar-refractivity contribution < 1.29 is 0 Å². The molecule has 1 heterocycles. The first kappa shape index (κ1) is 16.5. The van der Waals surface area contributed by atoms with Crippen LogP contribution in [0.1, 0.15) is 44.9 Å². The molecule has 0 bridgehead atoms. The normalized spacial score (nSPS) is 13.2. The van der Waals surface area contributed by atoms with Gasteiger partial charge in [0, 0.05) is 12.6 Å². The molecule has 1 unspecified atom stereocenters. The topological polar surface area (TPSA) is 29.9 Å². The van der Waals surface area contributed by atoms with Gasteiger partial charge in [-0.05, 0) is 44.7 Å². The molecule has 0 amide bonds. The molecule has 0 aliphatic rings. The van der Waals surface area contributed by atoms with E-state index in [1.807, 2.05) is 14.0 Å². The molecule has 1 aromatic rings. The highest BCUT2D eigenvalue weighted by Crippen LogP contribution is 2.23. The van der Waals surface area contributed by atoms with Gasteiger partial charge in [0.2, 0.25) is 0 Å². The second-order valence-corrected chi connectivity index (χ2v) is 6.25. The van der Waals surface area contributed by atoms with Crippen LogP contribution in [0.3, 0.4) is 0 Å². The summed E-state index contributed by atoms with van der Waals surface area (Å²) in [6.45, 7) is 10.9. The summed E-state index contributed by atoms with van der Waals surface area (Å²) in [7, 11) is 1.91. The van der Waals surface area contributed by atoms with Gasteiger partial charge in [-0.2, -0.15) is 5.10 Å². The molecule has 0 saturated heterocycles. The minimum atomic E-state index is 0.643. The Morgan fingerprint density at radius 3 is 2.47 bits per heavy atom. The predicted molar refractivity (Wildman–Crippen MR) is 82.8 cm³/mol. The Bertz CT molecular complexity index is 385. The summed E-state index contributed by atoms with van der Waals surface area (Å²) in [6, 6.07) is 0. The van der Waals surface area contributed by atoms with Crippen molar-refractivity contribution in [2.24, 2.45) is 18.9 Å². The van der Waals surface area contributed by atoms with Gasteiger partial charge in [0.15, 0.2) is 0 Å². The number of rotatable bonds is 8. The molecule has 0 spiro atoms. The van der Waals surface area contributed by atoms with Crippen LogP contribution in [0.4, 0.5) is 0 Å². The fourth-order valence-corrected chi connectivity index (χ4v) is 2.71. The lowest BCUT2D eigenvalue weighted by Gasteiger charge is -2.18. The smallest absolute Gasteiger partial charge is 0.130 e. The van der Waals surface area contributed by atoms with Crippen LogP contribution < -0.4 is 5.32 Å². The lowest BCUT2D eigenvalue weighted by molar-refractivity contribution is 0.420. The summed E-state index contributed by atoms with van der Waals surface area (Å²) < 4.78 is 1.77. The summed E-state index contributed by atoms with van der Waals surface area (Å²) in [5, 5.41) is 8.76. The Morgan fingerprint density at radius 1 is 1.32 bits per heavy atom. The number of nitrogens with one attached hydrogen (secondary N) is 1. The number of nitrogens with zero attached hydrogens (tertiary/aromatic N) is 2. The van der Waals surface area contributed by atoms with Gasteiger partial charge < -0.3 is 5.32 Å². The first-order valence-electron chi connectivity index (χ1n) is 7.34. The third-order valence-corrected chi connectivity index (χ3v) is 3.92. The van der Waals surface area contributed by atoms with E-state index in [0.29, 0.717) is 11.8 Å². The molecule has 0 aliphatic heterocycles. The minimum absolute atomic E-state index is 0.643. The maximum absolute atomic E-state index is 6.32. The van der Waals surface area contributed by atoms with Crippen molar-refractivity contribution in [1.29, 1.82) is 0 Å². The van der Waals surface area contributed by atoms with Gasteiger partial charge in [-0.3, -0.25) is 4.68 Å². The molecule has 0 saturated carbocycles. The average molecular weight is 286 g/mol. The Balaban J connectivity index is 2.61. The molecule has 1 aromatic heterocycles. The van der Waals surface area contributed by atoms with Gasteiger partial charge in [0.25, 0.3) is 0 Å². The second kappa shape index (κ2) is 7.91. The maximum Gasteiger partial charge on any atom is 0.130 e. The van der Waals surface area contributed by atoms with Crippen LogP contribution in [-0.4, -0.2) is 22.9 Å². The van der Waals surface area contributed by atoms with Crippen molar-refractivity contribution in [1.82, 2.24) is 15.1 Å². The van der Waals surface area contributed by atoms with Crippen LogP contribution >= 0.6 is 11.6 Å². The van der Waals surface area contributed by atoms with E-state index >= 15 is 0 Å². The number of aromatic nitrogens is 2. The van der Waals surface area contributed by atoms with Crippen molar-refractivity contribution in [3.8, 4) is 0 Å². The SMILES string of the molecule is CCCC(CNCC(C)C)Cc1c(C)nn(C)c1Cl. The molecule has 0 aromatic carbocycles. The summed E-state index contributed by atoms with van der Waals surface area (Å²) in [5.74, 6) is 1.34. The number of hydrogen-bond acceptors (Lipinski definition) is 2. The predicted octanol–water partition coefficient (Wildman–Crippen LogP) is 3.59. The minimum Gasteiger partial charge on any atom is -0.316 e. The van der Waals surface area contributed by atoms with Gasteiger partial charge in [-0.15, -0.1) is 0 Å². The van der Waals surface area contributed by atoms with Crippen molar-refractivity contribution in [2.45, 2.75) is 47.0 Å². The number of halogens is 1. The molecule has 0 radical (unpaired) electrons. The molecule has 1 rings (SSSR count). The Labute approximate surface area is 122 Å². The van der Waals surface area contributed by atoms with Crippen molar-refractivity contribution in [3.05, 3.63) is 16.4 Å². The van der Waals surface area contributed by atoms with E-state index in [-0.39, 0.29) is 0 Å². The van der Waals surface area contributed by atoms with E-state index in [1.165, 1.54) is 18.4 Å². The molecule has 4 heteroatoms. The van der Waals surface area contributed by atoms with Gasteiger partial charge in [0.1, 0.15) is 5.15 Å². The molecule has 110 valence electrons. The third kappa shape index (κ3) is 5.15. The first-order chi connectivity index (χ1) is 8.95. The van der Waals surface area contributed by atoms with Crippen LogP contribution in [-0.2, 0) is 13.5 Å². The lowest BCUT2D eigenvalue weighted by atomic mass is 9.95. The van der Waals surface area contributed by atoms with Crippen LogP contribution in [0.15, 0.2) is 0 Å². The molecule has 3 nitrogen and oxygen atoms in total. The van der Waals surface area contributed by atoms with Crippen LogP contribution in [0.2, 0.25) is 5.15 Å². The molecular formula is C15H28ClN3. The van der Waals surface area contributed by atoms with E-state index in [1.54, 1.807) is 4.68 Å². The zero-order chi connectivity index (χ0) is 14.4. The fraction of sp³-hybridized carbons (Fsp3) is 0.800. The average Bonchev–Trinajstić information content (AvgIpc) is 2.55. The third-order valence-electron chi connectivity index (χ3n) is 3.45. The van der Waals surface area contributed by atoms with E-state index < -0.39 is 0 Å². The fourth-order valence-electron chi connectivity index (χ4n) is 2.46. The monoisotopic (exact) mass is 285 g/mol. The van der Waals surface area contributed by atoms with Gasteiger partial charge in [0.05, 0.1) is 5.69 Å². The molecular weight excluding hydrogens is 258 g/mol. The standard InChI is InChI=1S/C15H28ClN3/c1-6-7-13(10-17-9-11(2)3)8-14-12(4)18-19(5)15(14)16/h11,13,17H,6-10H2,1-5H3. The van der Waals surface area contributed by atoms with Crippen LogP contribution in [0.25, 0.3) is 0 Å². The summed E-state index contributed by atoms with van der Waals surface area (Å²) >= 11 is 6.32. The highest BCUT2D eigenvalue weighted by Gasteiger charge is 2.16. The summed E-state index contributed by atoms with van der Waals surface area (Å²) in [4.78, 5) is 0. The van der Waals surface area contributed by atoms with E-state index in [0.717, 1.165) is 30.4 Å². The molecule has 19 heavy (non-hydrogen) atoms. The Hall–Kier alpha value is -0.540. The summed E-state index contributed by atoms with van der Waals surface area (Å²) in [5.41, 5.74) is 2.28. The number of aryl methyl sites for hydroxylation is 2. The molecule has 0 aliphatic carbocycles. The van der Waals surface area contributed by atoms with Crippen LogP contribution in [0, 0.1) is 18.8 Å². The Morgan fingerprint density at radius 2 is 2.00 bits per heavy atom. The van der Waals surface area contributed by atoms with Gasteiger partial charge in [-0.25, -0.2) is 0 Å². The van der Waals surface area contributed by atoms with E-state index in [2.05, 4.69) is 31.2 Å². The van der Waals surface area contributed by atoms with E-state index in [4.69, 9.17) is 11.6 Å². The Kier molecular flexibility index (Phi) is 6.87. The largest absolute Gasteiger partial charge is 0.316 e. The highest BCUT2D eigenvalue weighted by atomic mass is 35.5. The zero-order valence-corrected chi connectivity index (χ0v) is 13.7. The molecule has 1 atom stereocenters. The molecule has 0 fully saturated rings. The lowest BCUT2D eigenvalue weighted by Crippen LogP contribution is -2.27. The highest BCUT2D eigenvalue weighted by molar-refractivity contribution is 6.30. The van der Waals surface area contributed by atoms with Crippen molar-refractivity contribution >= 4 is 11.6 Å². The maximum atomic E-state index is 6.32.